The zero-order valence-electron chi connectivity index (χ0n) is 11.8. The number of hydroxylamine groups is 1. The van der Waals surface area contributed by atoms with E-state index in [2.05, 4.69) is 10.8 Å². The zero-order valence-corrected chi connectivity index (χ0v) is 12.6. The molecule has 1 saturated heterocycles. The van der Waals surface area contributed by atoms with Crippen molar-refractivity contribution in [2.24, 2.45) is 0 Å². The van der Waals surface area contributed by atoms with Crippen molar-refractivity contribution in [2.45, 2.75) is 18.6 Å². The monoisotopic (exact) mass is 322 g/mol. The SMILES string of the molecule is COc1ccc(Cl)cc1NC(=O)C1CC(c2ccco2)ON1. The number of benzene rings is 1. The Morgan fingerprint density at radius 3 is 3.05 bits per heavy atom. The van der Waals surface area contributed by atoms with Gasteiger partial charge in [0.15, 0.2) is 0 Å². The highest BCUT2D eigenvalue weighted by atomic mass is 35.5. The number of hydrogen-bond donors (Lipinski definition) is 2. The molecule has 6 nitrogen and oxygen atoms in total. The van der Waals surface area contributed by atoms with Gasteiger partial charge in [-0.1, -0.05) is 11.6 Å². The highest BCUT2D eigenvalue weighted by Crippen LogP contribution is 2.30. The van der Waals surface area contributed by atoms with E-state index in [0.717, 1.165) is 0 Å². The fourth-order valence-corrected chi connectivity index (χ4v) is 2.45. The van der Waals surface area contributed by atoms with Crippen molar-refractivity contribution in [1.82, 2.24) is 5.48 Å². The van der Waals surface area contributed by atoms with Crippen LogP contribution >= 0.6 is 11.6 Å². The summed E-state index contributed by atoms with van der Waals surface area (Å²) >= 11 is 5.95. The fourth-order valence-electron chi connectivity index (χ4n) is 2.28. The van der Waals surface area contributed by atoms with E-state index in [0.29, 0.717) is 28.6 Å². The molecule has 3 rings (SSSR count). The van der Waals surface area contributed by atoms with Crippen LogP contribution in [0.4, 0.5) is 5.69 Å². The standard InChI is InChI=1S/C15H15ClN2O4/c1-20-12-5-4-9(16)7-10(12)17-15(19)11-8-14(22-18-11)13-3-2-6-21-13/h2-7,11,14,18H,8H2,1H3,(H,17,19). The molecule has 2 unspecified atom stereocenters. The lowest BCUT2D eigenvalue weighted by atomic mass is 10.1. The molecule has 1 aliphatic rings. The van der Waals surface area contributed by atoms with Crippen molar-refractivity contribution >= 4 is 23.2 Å². The molecule has 0 spiro atoms. The highest BCUT2D eigenvalue weighted by molar-refractivity contribution is 6.31. The summed E-state index contributed by atoms with van der Waals surface area (Å²) in [6, 6.07) is 8.13. The zero-order chi connectivity index (χ0) is 15.5. The van der Waals surface area contributed by atoms with Gasteiger partial charge in [0.25, 0.3) is 0 Å². The lowest BCUT2D eigenvalue weighted by molar-refractivity contribution is -0.119. The van der Waals surface area contributed by atoms with Crippen LogP contribution in [0.1, 0.15) is 18.3 Å². The molecule has 116 valence electrons. The number of rotatable bonds is 4. The Hall–Kier alpha value is -2.02. The number of anilines is 1. The predicted molar refractivity (Wildman–Crippen MR) is 80.7 cm³/mol. The third kappa shape index (κ3) is 3.09. The molecule has 0 aliphatic carbocycles. The molecule has 7 heteroatoms. The summed E-state index contributed by atoms with van der Waals surface area (Å²) < 4.78 is 10.5. The summed E-state index contributed by atoms with van der Waals surface area (Å²) in [5.41, 5.74) is 3.24. The van der Waals surface area contributed by atoms with Crippen molar-refractivity contribution in [3.8, 4) is 5.75 Å². The van der Waals surface area contributed by atoms with Gasteiger partial charge in [-0.25, -0.2) is 0 Å². The first-order chi connectivity index (χ1) is 10.7. The average molecular weight is 323 g/mol. The van der Waals surface area contributed by atoms with E-state index in [1.807, 2.05) is 6.07 Å². The Bertz CT molecular complexity index is 660. The van der Waals surface area contributed by atoms with Gasteiger partial charge in [0.1, 0.15) is 23.7 Å². The van der Waals surface area contributed by atoms with E-state index in [-0.39, 0.29) is 12.0 Å². The summed E-state index contributed by atoms with van der Waals surface area (Å²) in [7, 11) is 1.53. The van der Waals surface area contributed by atoms with Crippen LogP contribution in [0, 0.1) is 0 Å². The molecule has 1 aromatic carbocycles. The topological polar surface area (TPSA) is 72.7 Å². The van der Waals surface area contributed by atoms with Gasteiger partial charge >= 0.3 is 0 Å². The van der Waals surface area contributed by atoms with Crippen LogP contribution in [0.5, 0.6) is 5.75 Å². The maximum Gasteiger partial charge on any atom is 0.244 e. The second-order valence-electron chi connectivity index (χ2n) is 4.86. The number of hydrogen-bond acceptors (Lipinski definition) is 5. The summed E-state index contributed by atoms with van der Waals surface area (Å²) in [5, 5.41) is 3.30. The molecule has 1 fully saturated rings. The molecular weight excluding hydrogens is 308 g/mol. The van der Waals surface area contributed by atoms with Gasteiger partial charge in [0.2, 0.25) is 5.91 Å². The van der Waals surface area contributed by atoms with E-state index in [4.69, 9.17) is 25.6 Å². The number of ether oxygens (including phenoxy) is 1. The predicted octanol–water partition coefficient (Wildman–Crippen LogP) is 2.91. The van der Waals surface area contributed by atoms with Crippen LogP contribution in [0.3, 0.4) is 0 Å². The van der Waals surface area contributed by atoms with Crippen LogP contribution in [0.25, 0.3) is 0 Å². The van der Waals surface area contributed by atoms with Gasteiger partial charge in [0, 0.05) is 11.4 Å². The van der Waals surface area contributed by atoms with E-state index in [1.54, 1.807) is 30.5 Å². The quantitative estimate of drug-likeness (QED) is 0.905. The van der Waals surface area contributed by atoms with Gasteiger partial charge in [-0.2, -0.15) is 5.48 Å². The number of carbonyl (C=O) groups is 1. The van der Waals surface area contributed by atoms with Gasteiger partial charge in [-0.3, -0.25) is 9.63 Å². The first-order valence-electron chi connectivity index (χ1n) is 6.76. The van der Waals surface area contributed by atoms with Gasteiger partial charge < -0.3 is 14.5 Å². The number of methoxy groups -OCH3 is 1. The van der Waals surface area contributed by atoms with Gasteiger partial charge in [-0.05, 0) is 30.3 Å². The molecule has 0 saturated carbocycles. The van der Waals surface area contributed by atoms with Crippen molar-refractivity contribution in [3.05, 3.63) is 47.4 Å². The van der Waals surface area contributed by atoms with E-state index < -0.39 is 6.04 Å². The molecule has 0 bridgehead atoms. The minimum atomic E-state index is -0.487. The molecule has 1 aromatic heterocycles. The van der Waals surface area contributed by atoms with Crippen molar-refractivity contribution in [2.75, 3.05) is 12.4 Å². The van der Waals surface area contributed by atoms with E-state index in [1.165, 1.54) is 7.11 Å². The first-order valence-corrected chi connectivity index (χ1v) is 7.14. The summed E-state index contributed by atoms with van der Waals surface area (Å²) in [5.74, 6) is 0.997. The Morgan fingerprint density at radius 2 is 2.32 bits per heavy atom. The second kappa shape index (κ2) is 6.39. The van der Waals surface area contributed by atoms with Gasteiger partial charge in [0.05, 0.1) is 19.1 Å². The Morgan fingerprint density at radius 1 is 1.45 bits per heavy atom. The van der Waals surface area contributed by atoms with Crippen molar-refractivity contribution < 1.29 is 18.8 Å². The summed E-state index contributed by atoms with van der Waals surface area (Å²) in [6.45, 7) is 0. The van der Waals surface area contributed by atoms with Crippen LogP contribution in [-0.2, 0) is 9.63 Å². The van der Waals surface area contributed by atoms with Crippen molar-refractivity contribution in [3.63, 3.8) is 0 Å². The Kier molecular flexibility index (Phi) is 4.33. The lowest BCUT2D eigenvalue weighted by Crippen LogP contribution is -2.35. The maximum atomic E-state index is 12.3. The Balaban J connectivity index is 1.67. The number of furan rings is 1. The third-order valence-electron chi connectivity index (χ3n) is 3.40. The number of nitrogens with one attached hydrogen (secondary N) is 2. The van der Waals surface area contributed by atoms with Crippen LogP contribution in [0.15, 0.2) is 41.0 Å². The molecule has 2 atom stereocenters. The summed E-state index contributed by atoms with van der Waals surface area (Å²) in [4.78, 5) is 17.7. The Labute approximate surface area is 132 Å². The average Bonchev–Trinajstić information content (AvgIpc) is 3.18. The van der Waals surface area contributed by atoms with Crippen LogP contribution < -0.4 is 15.5 Å². The molecule has 0 radical (unpaired) electrons. The highest BCUT2D eigenvalue weighted by Gasteiger charge is 2.33. The molecule has 1 aliphatic heterocycles. The lowest BCUT2D eigenvalue weighted by Gasteiger charge is -2.13. The second-order valence-corrected chi connectivity index (χ2v) is 5.30. The van der Waals surface area contributed by atoms with Crippen LogP contribution in [-0.4, -0.2) is 19.1 Å². The normalized spacial score (nSPS) is 20.8. The minimum Gasteiger partial charge on any atom is -0.495 e. The van der Waals surface area contributed by atoms with E-state index >= 15 is 0 Å². The number of halogens is 1. The molecule has 2 aromatic rings. The minimum absolute atomic E-state index is 0.227. The largest absolute Gasteiger partial charge is 0.495 e. The van der Waals surface area contributed by atoms with Crippen molar-refractivity contribution in [1.29, 1.82) is 0 Å². The summed E-state index contributed by atoms with van der Waals surface area (Å²) in [6.07, 6.45) is 1.76. The fraction of sp³-hybridized carbons (Fsp3) is 0.267. The molecule has 22 heavy (non-hydrogen) atoms. The number of carbonyl (C=O) groups excluding carboxylic acids is 1. The van der Waals surface area contributed by atoms with E-state index in [9.17, 15) is 4.79 Å². The first kappa shape index (κ1) is 14.9. The maximum absolute atomic E-state index is 12.3. The molecule has 2 N–H and O–H groups in total. The van der Waals surface area contributed by atoms with Gasteiger partial charge in [-0.15, -0.1) is 0 Å². The number of amides is 1. The smallest absolute Gasteiger partial charge is 0.244 e. The molecular formula is C15H15ClN2O4. The molecule has 1 amide bonds. The molecule has 2 heterocycles. The third-order valence-corrected chi connectivity index (χ3v) is 3.63. The van der Waals surface area contributed by atoms with Crippen LogP contribution in [0.2, 0.25) is 5.02 Å².